The molecule has 2 atom stereocenters. The predicted molar refractivity (Wildman–Crippen MR) is 164 cm³/mol. The number of carbonyl (C=O) groups is 1. The molecule has 0 aliphatic heterocycles. The lowest BCUT2D eigenvalue weighted by Gasteiger charge is -2.18. The molecule has 0 radical (unpaired) electrons. The summed E-state index contributed by atoms with van der Waals surface area (Å²) in [5.74, 6) is 0.265. The summed E-state index contributed by atoms with van der Waals surface area (Å²) in [6.45, 7) is 3.75. The van der Waals surface area contributed by atoms with Crippen LogP contribution in [-0.4, -0.2) is 63.4 Å². The van der Waals surface area contributed by atoms with Gasteiger partial charge in [0.05, 0.1) is 40.8 Å². The molecule has 1 aromatic carbocycles. The van der Waals surface area contributed by atoms with E-state index in [4.69, 9.17) is 42.8 Å². The minimum Gasteiger partial charge on any atom is -0.483 e. The summed E-state index contributed by atoms with van der Waals surface area (Å²) in [7, 11) is 2.58. The van der Waals surface area contributed by atoms with Crippen molar-refractivity contribution in [2.75, 3.05) is 19.5 Å². The molecule has 0 saturated heterocycles. The number of aromatic nitrogens is 3. The van der Waals surface area contributed by atoms with Crippen LogP contribution in [0.5, 0.6) is 5.88 Å². The van der Waals surface area contributed by atoms with Crippen molar-refractivity contribution in [1.29, 1.82) is 0 Å². The van der Waals surface area contributed by atoms with Gasteiger partial charge in [-0.05, 0) is 43.5 Å². The van der Waals surface area contributed by atoms with Crippen LogP contribution < -0.4 is 21.5 Å². The van der Waals surface area contributed by atoms with E-state index >= 15 is 0 Å². The summed E-state index contributed by atoms with van der Waals surface area (Å²) < 4.78 is 20.7. The number of halogens is 2. The summed E-state index contributed by atoms with van der Waals surface area (Å²) in [4.78, 5) is 17.1. The average molecular weight is 602 g/mol. The van der Waals surface area contributed by atoms with Gasteiger partial charge in [-0.1, -0.05) is 25.4 Å². The van der Waals surface area contributed by atoms with Crippen molar-refractivity contribution in [2.24, 2.45) is 16.5 Å². The van der Waals surface area contributed by atoms with Crippen LogP contribution in [0.15, 0.2) is 60.0 Å². The van der Waals surface area contributed by atoms with Crippen LogP contribution in [0, 0.1) is 5.82 Å². The summed E-state index contributed by atoms with van der Waals surface area (Å²) in [6.07, 6.45) is 8.05. The molecule has 42 heavy (non-hydrogen) atoms. The molecule has 0 bridgehead atoms. The van der Waals surface area contributed by atoms with Gasteiger partial charge in [-0.25, -0.2) is 18.9 Å². The Morgan fingerprint density at radius 3 is 2.50 bits per heavy atom. The predicted octanol–water partition coefficient (Wildman–Crippen LogP) is 4.86. The number of methoxy groups -OCH3 is 1. The molecule has 0 amide bonds. The first-order valence-electron chi connectivity index (χ1n) is 13.2. The number of benzene rings is 1. The third-order valence-electron chi connectivity index (χ3n) is 6.16. The summed E-state index contributed by atoms with van der Waals surface area (Å²) in [5.41, 5.74) is 16.9. The Hall–Kier alpha value is -4.26. The molecule has 13 heteroatoms. The smallest absolute Gasteiger partial charge is 0.290 e. The molecule has 11 nitrogen and oxygen atoms in total. The van der Waals surface area contributed by atoms with E-state index in [1.54, 1.807) is 24.0 Å². The number of aliphatic hydroxyl groups excluding tert-OH is 1. The zero-order chi connectivity index (χ0) is 31.2. The summed E-state index contributed by atoms with van der Waals surface area (Å²) >= 11 is 6.22. The summed E-state index contributed by atoms with van der Waals surface area (Å²) in [5, 5.41) is 22.4. The Labute approximate surface area is 249 Å². The molecule has 1 fully saturated rings. The number of fused-ring (bicyclic) bond motifs is 1. The molecule has 1 saturated carbocycles. The van der Waals surface area contributed by atoms with E-state index in [0.717, 1.165) is 48.7 Å². The fraction of sp³-hybridized carbons (Fsp3) is 0.310. The van der Waals surface area contributed by atoms with Crippen LogP contribution in [0.2, 0.25) is 5.02 Å². The number of carboxylic acid groups (broad SMARTS) is 1. The van der Waals surface area contributed by atoms with Crippen LogP contribution in [0.3, 0.4) is 0 Å². The molecule has 5 rings (SSSR count). The van der Waals surface area contributed by atoms with Crippen molar-refractivity contribution < 1.29 is 24.1 Å². The first-order valence-corrected chi connectivity index (χ1v) is 13.6. The highest BCUT2D eigenvalue weighted by molar-refractivity contribution is 6.33. The van der Waals surface area contributed by atoms with Crippen molar-refractivity contribution in [1.82, 2.24) is 14.6 Å². The highest BCUT2D eigenvalue weighted by Gasteiger charge is 2.24. The normalized spacial score (nSPS) is 15.8. The van der Waals surface area contributed by atoms with Crippen LogP contribution in [0.1, 0.15) is 38.7 Å². The minimum absolute atomic E-state index is 0.152. The second-order valence-electron chi connectivity index (χ2n) is 8.69. The lowest BCUT2D eigenvalue weighted by molar-refractivity contribution is -0.122. The number of nitrogens with two attached hydrogens (primary N) is 2. The SMILES string of the molecule is CC.CO.COc1ccc(-c2cc3c(NC4CCC(N)C4)c(C(N)=Nc4cc(F)ccc4Cl)cnn3c2)cn1.O=CO. The largest absolute Gasteiger partial charge is 0.483 e. The van der Waals surface area contributed by atoms with E-state index in [1.165, 1.54) is 18.2 Å². The molecule has 1 aliphatic carbocycles. The Morgan fingerprint density at radius 2 is 1.90 bits per heavy atom. The zero-order valence-electron chi connectivity index (χ0n) is 24.0. The number of pyridine rings is 1. The van der Waals surface area contributed by atoms with E-state index in [2.05, 4.69) is 20.4 Å². The standard InChI is InChI=1S/C25H25ClFN7O.C2H6.CH2O2.CH4O/c1-35-23-7-2-14(11-30-23)15-8-22-24(32-18-5-4-17(28)10-18)19(12-31-34(22)13-15)25(29)33-21-9-16(27)3-6-20(21)26;1-2;2-1-3;1-2/h2-3,6-9,11-13,17-18,32H,4-5,10,28H2,1H3,(H2,29,33);1-2H3;1H,(H,2,3);2H,1H3. The molecule has 7 N–H and O–H groups in total. The number of rotatable bonds is 6. The lowest BCUT2D eigenvalue weighted by Crippen LogP contribution is -2.24. The topological polar surface area (TPSA) is 173 Å². The number of aliphatic imine (C=N–C) groups is 1. The number of aliphatic hydroxyl groups is 1. The maximum atomic E-state index is 13.8. The van der Waals surface area contributed by atoms with Gasteiger partial charge in [-0.2, -0.15) is 5.10 Å². The van der Waals surface area contributed by atoms with Crippen molar-refractivity contribution >= 4 is 40.8 Å². The Kier molecular flexibility index (Phi) is 13.6. The van der Waals surface area contributed by atoms with Gasteiger partial charge in [0.2, 0.25) is 5.88 Å². The maximum Gasteiger partial charge on any atom is 0.290 e. The lowest BCUT2D eigenvalue weighted by atomic mass is 10.1. The molecule has 0 spiro atoms. The molecule has 3 heterocycles. The van der Waals surface area contributed by atoms with Gasteiger partial charge in [0.15, 0.2) is 0 Å². The molecule has 226 valence electrons. The van der Waals surface area contributed by atoms with E-state index in [9.17, 15) is 4.39 Å². The van der Waals surface area contributed by atoms with Crippen molar-refractivity contribution in [3.8, 4) is 17.0 Å². The Balaban J connectivity index is 0.000000813. The third kappa shape index (κ3) is 8.62. The number of hydrogen-bond donors (Lipinski definition) is 5. The van der Waals surface area contributed by atoms with Crippen LogP contribution in [-0.2, 0) is 4.79 Å². The van der Waals surface area contributed by atoms with E-state index in [-0.39, 0.29) is 30.1 Å². The molecule has 4 aromatic rings. The Morgan fingerprint density at radius 1 is 1.19 bits per heavy atom. The first kappa shape index (κ1) is 33.9. The van der Waals surface area contributed by atoms with Crippen molar-refractivity contribution in [2.45, 2.75) is 45.2 Å². The van der Waals surface area contributed by atoms with Crippen LogP contribution in [0.25, 0.3) is 16.6 Å². The second kappa shape index (κ2) is 16.9. The summed E-state index contributed by atoms with van der Waals surface area (Å²) in [6, 6.07) is 10.1. The molecule has 2 unspecified atom stereocenters. The number of anilines is 1. The average Bonchev–Trinajstić information content (AvgIpc) is 3.64. The van der Waals surface area contributed by atoms with Crippen LogP contribution in [0.4, 0.5) is 15.8 Å². The van der Waals surface area contributed by atoms with Gasteiger partial charge < -0.3 is 31.7 Å². The van der Waals surface area contributed by atoms with Gasteiger partial charge in [-0.15, -0.1) is 0 Å². The van der Waals surface area contributed by atoms with Gasteiger partial charge >= 0.3 is 0 Å². The van der Waals surface area contributed by atoms with E-state index in [1.807, 2.05) is 38.2 Å². The Bertz CT molecular complexity index is 1460. The van der Waals surface area contributed by atoms with Gasteiger partial charge in [-0.3, -0.25) is 4.79 Å². The van der Waals surface area contributed by atoms with E-state index in [0.29, 0.717) is 16.5 Å². The number of amidine groups is 1. The quantitative estimate of drug-likeness (QED) is 0.117. The second-order valence-corrected chi connectivity index (χ2v) is 9.10. The van der Waals surface area contributed by atoms with Crippen LogP contribution >= 0.6 is 11.6 Å². The highest BCUT2D eigenvalue weighted by Crippen LogP contribution is 2.32. The zero-order valence-corrected chi connectivity index (χ0v) is 24.7. The number of nitrogens with one attached hydrogen (secondary N) is 1. The van der Waals surface area contributed by atoms with Crippen molar-refractivity contribution in [3.63, 3.8) is 0 Å². The van der Waals surface area contributed by atoms with Gasteiger partial charge in [0, 0.05) is 54.8 Å². The third-order valence-corrected chi connectivity index (χ3v) is 6.48. The number of nitrogens with zero attached hydrogens (tertiary/aromatic N) is 4. The monoisotopic (exact) mass is 601 g/mol. The van der Waals surface area contributed by atoms with Gasteiger partial charge in [0.25, 0.3) is 6.47 Å². The molecular formula is C29H37ClFN7O4. The maximum absolute atomic E-state index is 13.8. The fourth-order valence-electron chi connectivity index (χ4n) is 4.35. The van der Waals surface area contributed by atoms with E-state index < -0.39 is 5.82 Å². The minimum atomic E-state index is -0.447. The fourth-order valence-corrected chi connectivity index (χ4v) is 4.51. The molecule has 3 aromatic heterocycles. The number of hydrogen-bond acceptors (Lipinski definition) is 8. The number of ether oxygens (including phenoxy) is 1. The first-order chi connectivity index (χ1) is 20.3. The van der Waals surface area contributed by atoms with Crippen molar-refractivity contribution in [3.05, 3.63) is 71.4 Å². The van der Waals surface area contributed by atoms with Gasteiger partial charge in [0.1, 0.15) is 11.7 Å². The highest BCUT2D eigenvalue weighted by atomic mass is 35.5. The molecular weight excluding hydrogens is 565 g/mol. The molecule has 1 aliphatic rings.